The highest BCUT2D eigenvalue weighted by Gasteiger charge is 2.72. The van der Waals surface area contributed by atoms with Crippen LogP contribution in [-0.4, -0.2) is 380 Å². The maximum absolute atomic E-state index is 16.5. The molecule has 5 aliphatic carbocycles. The van der Waals surface area contributed by atoms with Crippen molar-refractivity contribution in [1.29, 1.82) is 0 Å². The van der Waals surface area contributed by atoms with Gasteiger partial charge in [0.25, 0.3) is 0 Å². The standard InChI is InChI=1S/C82H132O39/c1-14-31(2)32(3)107-58-35(6)110-72(64(62(58)118-68-51(94)47(90)44(87)33(4)108-68)120-69-54(97)50(93)57(34(5)109-69)114-67-56(99)59(38(86)28-105-67)115-74-65(100)82(104,29-85)30-106-74)121-75(103)81-23-21-76(7,8)25-37(81)36-15-16-42-78(11)19-18-43(77(9,10)41(78)17-20-80(42,13)79(36,12)22-24-81)113-73-63(119-71-53(96)49(92)46(89)40(27-84)112-71)60(55(98)61(117-73)66(101)102)116-70-52(95)48(91)45(88)39(26-83)111-70/h15,31,33-35,37-65,67-74,83-100,104H,3,14,16-30H2,1-2,4-13H3,(H,101,102)/t31-,33?,34?,35?,37?,38?,39?,40?,41?,42?,43-,44+,45+,46-,47-,48-,49-,50?,51?,52?,53?,54-,55-,56?,57-,58+,59-,60-,61?,62?,63?,64+,65?,67-,68-,69-,70-,71-,72-,73+,74-,78-,79+,80+,81-,82+/m0/s1. The molecule has 0 amide bonds. The quantitative estimate of drug-likeness (QED) is 0.0191. The minimum atomic E-state index is -2.23. The summed E-state index contributed by atoms with van der Waals surface area (Å²) in [6, 6.07) is 0. The van der Waals surface area contributed by atoms with Gasteiger partial charge in [-0.1, -0.05) is 80.5 Å². The lowest BCUT2D eigenvalue weighted by molar-refractivity contribution is -0.396. The van der Waals surface area contributed by atoms with E-state index in [1.807, 2.05) is 27.7 Å². The number of fused-ring (bicyclic) bond motifs is 7. The van der Waals surface area contributed by atoms with Crippen LogP contribution in [0.4, 0.5) is 0 Å². The van der Waals surface area contributed by atoms with Crippen molar-refractivity contribution in [1.82, 2.24) is 0 Å². The van der Waals surface area contributed by atoms with Gasteiger partial charge in [0.05, 0.1) is 68.6 Å². The van der Waals surface area contributed by atoms with Gasteiger partial charge in [-0.3, -0.25) is 4.79 Å². The summed E-state index contributed by atoms with van der Waals surface area (Å²) in [6.07, 6.45) is -56.8. The lowest BCUT2D eigenvalue weighted by Gasteiger charge is -2.71. The SMILES string of the molecule is C=C(O[C@@H]1C(C)O[C@@H](OC(=O)[C@]23CCC(C)(C)CC2C2=CCC4[C@@]5(C)CC[C@H](O[C@@H]6OC(C(=O)O)[C@@H](O)[C@H](O[C@@H]7OC(CO)[C@@H](O)[C@H](O)C7O)C6O[C@@H]6OC(CO)[C@H](O)[C@H](O)C6O)C(C)(C)C5CC[C@@]4(C)[C@]2(C)CC3)[C@H](O[C@@H]2OC(C)[C@H](O[C@@H]3OCC(O)[C@H](O[C@@H]4OC[C@](O)(CO)C4O)C3O)C(O)[C@@H]2O)C1O[C@@H]1OC(C)[C@@H](O)[C@H](O)C1O)[C@@H](C)CC. The zero-order chi connectivity index (χ0) is 88.5. The van der Waals surface area contributed by atoms with Crippen molar-refractivity contribution in [2.45, 2.75) is 387 Å². The molecule has 0 aromatic carbocycles. The molecule has 13 aliphatic rings. The van der Waals surface area contributed by atoms with Crippen molar-refractivity contribution in [3.63, 3.8) is 0 Å². The van der Waals surface area contributed by atoms with E-state index in [2.05, 4.69) is 47.3 Å². The molecule has 0 aromatic rings. The van der Waals surface area contributed by atoms with Crippen LogP contribution in [0.2, 0.25) is 0 Å². The fourth-order valence-electron chi connectivity index (χ4n) is 22.4. The second kappa shape index (κ2) is 36.3. The van der Waals surface area contributed by atoms with E-state index in [4.69, 9.17) is 80.5 Å². The molecule has 8 saturated heterocycles. The molecule has 0 spiro atoms. The monoisotopic (exact) mass is 1740 g/mol. The lowest BCUT2D eigenvalue weighted by atomic mass is 9.33. The van der Waals surface area contributed by atoms with Gasteiger partial charge in [0, 0.05) is 5.92 Å². The topological polar surface area (TPSA) is 596 Å². The van der Waals surface area contributed by atoms with Gasteiger partial charge in [0.15, 0.2) is 62.3 Å². The molecule has 8 heterocycles. The smallest absolute Gasteiger partial charge is 0.335 e. The molecule has 8 aliphatic heterocycles. The van der Waals surface area contributed by atoms with E-state index in [0.29, 0.717) is 70.6 Å². The van der Waals surface area contributed by atoms with Crippen LogP contribution >= 0.6 is 0 Å². The molecule has 20 N–H and O–H groups in total. The Morgan fingerprint density at radius 3 is 1.62 bits per heavy atom. The Labute approximate surface area is 701 Å². The van der Waals surface area contributed by atoms with Gasteiger partial charge in [0.1, 0.15) is 140 Å². The molecule has 0 radical (unpaired) electrons. The molecule has 121 heavy (non-hydrogen) atoms. The molecule has 0 bridgehead atoms. The number of allylic oxidation sites excluding steroid dienone is 3. The van der Waals surface area contributed by atoms with Crippen LogP contribution in [-0.2, 0) is 90.1 Å². The number of carboxylic acid groups (broad SMARTS) is 1. The van der Waals surface area contributed by atoms with Crippen LogP contribution < -0.4 is 0 Å². The Morgan fingerprint density at radius 2 is 1.03 bits per heavy atom. The summed E-state index contributed by atoms with van der Waals surface area (Å²) in [5.74, 6) is -2.98. The highest BCUT2D eigenvalue weighted by molar-refractivity contribution is 5.79. The predicted octanol–water partition coefficient (Wildman–Crippen LogP) is -3.70. The molecule has 13 rings (SSSR count). The number of aliphatic carboxylic acids is 1. The van der Waals surface area contributed by atoms with Gasteiger partial charge in [-0.2, -0.15) is 0 Å². The summed E-state index contributed by atoms with van der Waals surface area (Å²) < 4.78 is 106. The van der Waals surface area contributed by atoms with Gasteiger partial charge < -0.3 is 183 Å². The Kier molecular flexibility index (Phi) is 28.6. The van der Waals surface area contributed by atoms with Crippen molar-refractivity contribution in [3.8, 4) is 0 Å². The third kappa shape index (κ3) is 17.1. The first kappa shape index (κ1) is 95.4. The number of carboxylic acids is 1. The predicted molar refractivity (Wildman–Crippen MR) is 405 cm³/mol. The highest BCUT2D eigenvalue weighted by Crippen LogP contribution is 2.76. The first-order valence-corrected chi connectivity index (χ1v) is 42.7. The van der Waals surface area contributed by atoms with Crippen LogP contribution in [0.1, 0.15) is 154 Å². The van der Waals surface area contributed by atoms with E-state index in [-0.39, 0.29) is 28.9 Å². The van der Waals surface area contributed by atoms with E-state index in [1.54, 1.807) is 6.92 Å². The number of carbonyl (C=O) groups is 2. The Balaban J connectivity index is 0.786. The number of hydrogen-bond donors (Lipinski definition) is 20. The first-order valence-electron chi connectivity index (χ1n) is 42.7. The van der Waals surface area contributed by atoms with E-state index in [9.17, 15) is 107 Å². The van der Waals surface area contributed by atoms with Crippen LogP contribution in [0.15, 0.2) is 24.0 Å². The van der Waals surface area contributed by atoms with E-state index in [1.165, 1.54) is 13.8 Å². The largest absolute Gasteiger partial charge is 0.490 e. The number of aliphatic hydroxyl groups is 19. The average molecular weight is 1740 g/mol. The van der Waals surface area contributed by atoms with Gasteiger partial charge in [-0.05, 0) is 136 Å². The van der Waals surface area contributed by atoms with Crippen LogP contribution in [0.3, 0.4) is 0 Å². The summed E-state index contributed by atoms with van der Waals surface area (Å²) in [4.78, 5) is 29.7. The second-order valence-corrected chi connectivity index (χ2v) is 38.6. The molecule has 39 heteroatoms. The number of rotatable bonds is 24. The summed E-state index contributed by atoms with van der Waals surface area (Å²) in [5.41, 5.74) is -4.88. The van der Waals surface area contributed by atoms with E-state index < -0.39 is 311 Å². The Bertz CT molecular complexity index is 3580. The maximum Gasteiger partial charge on any atom is 0.335 e. The summed E-state index contributed by atoms with van der Waals surface area (Å²) in [6.45, 7) is 24.1. The first-order chi connectivity index (χ1) is 56.7. The van der Waals surface area contributed by atoms with Crippen LogP contribution in [0.25, 0.3) is 0 Å². The maximum atomic E-state index is 16.5. The van der Waals surface area contributed by atoms with Gasteiger partial charge >= 0.3 is 11.9 Å². The third-order valence-electron chi connectivity index (χ3n) is 30.5. The summed E-state index contributed by atoms with van der Waals surface area (Å²) >= 11 is 0. The summed E-state index contributed by atoms with van der Waals surface area (Å²) in [5, 5.41) is 221. The molecular weight excluding hydrogens is 1610 g/mol. The van der Waals surface area contributed by atoms with Gasteiger partial charge in [0.2, 0.25) is 6.29 Å². The molecule has 18 unspecified atom stereocenters. The lowest BCUT2D eigenvalue weighted by Crippen LogP contribution is -2.69. The Hall–Kier alpha value is -3.14. The molecule has 46 atom stereocenters. The van der Waals surface area contributed by atoms with Crippen molar-refractivity contribution in [2.24, 2.45) is 56.2 Å². The molecule has 4 saturated carbocycles. The number of esters is 1. The highest BCUT2D eigenvalue weighted by atomic mass is 16.8. The van der Waals surface area contributed by atoms with Crippen molar-refractivity contribution in [2.75, 3.05) is 33.0 Å². The van der Waals surface area contributed by atoms with E-state index in [0.717, 1.165) is 5.57 Å². The number of aliphatic hydroxyl groups excluding tert-OH is 18. The number of hydrogen-bond acceptors (Lipinski definition) is 38. The normalized spacial score (nSPS) is 52.6. The zero-order valence-corrected chi connectivity index (χ0v) is 70.5. The fourth-order valence-corrected chi connectivity index (χ4v) is 22.4. The van der Waals surface area contributed by atoms with Crippen LogP contribution in [0, 0.1) is 56.2 Å². The zero-order valence-electron chi connectivity index (χ0n) is 70.5. The molecule has 12 fully saturated rings. The van der Waals surface area contributed by atoms with Crippen molar-refractivity contribution >= 4 is 11.9 Å². The van der Waals surface area contributed by atoms with Crippen LogP contribution in [0.5, 0.6) is 0 Å². The number of carbonyl (C=O) groups excluding carboxylic acids is 1. The molecule has 694 valence electrons. The van der Waals surface area contributed by atoms with E-state index >= 15 is 4.79 Å². The Morgan fingerprint density at radius 1 is 0.504 bits per heavy atom. The minimum Gasteiger partial charge on any atom is -0.490 e. The van der Waals surface area contributed by atoms with Crippen molar-refractivity contribution in [3.05, 3.63) is 24.0 Å². The summed E-state index contributed by atoms with van der Waals surface area (Å²) in [7, 11) is 0. The second-order valence-electron chi connectivity index (χ2n) is 38.6. The molecule has 39 nitrogen and oxygen atoms in total. The minimum absolute atomic E-state index is 0.0166. The molecular formula is C82H132O39. The fraction of sp³-hybridized carbons (Fsp3) is 0.927. The molecule has 0 aromatic heterocycles. The van der Waals surface area contributed by atoms with Gasteiger partial charge in [-0.15, -0.1) is 0 Å². The third-order valence-corrected chi connectivity index (χ3v) is 30.5. The number of ether oxygens (including phenoxy) is 17. The van der Waals surface area contributed by atoms with Crippen molar-refractivity contribution < 1.29 is 192 Å². The average Bonchev–Trinajstić information content (AvgIpc) is 0.829. The van der Waals surface area contributed by atoms with Gasteiger partial charge in [-0.25, -0.2) is 4.79 Å².